The van der Waals surface area contributed by atoms with E-state index in [0.717, 1.165) is 11.0 Å². The quantitative estimate of drug-likeness (QED) is 0.798. The van der Waals surface area contributed by atoms with E-state index in [0.29, 0.717) is 17.1 Å². The van der Waals surface area contributed by atoms with Crippen LogP contribution in [-0.2, 0) is 11.2 Å². The van der Waals surface area contributed by atoms with Crippen LogP contribution in [-0.4, -0.2) is 26.0 Å². The molecule has 0 bridgehead atoms. The summed E-state index contributed by atoms with van der Waals surface area (Å²) in [4.78, 5) is 26.3. The molecule has 1 heterocycles. The number of fused-ring (bicyclic) bond motifs is 1. The average molecular weight is 350 g/mol. The Balaban J connectivity index is 2.13. The molecule has 3 rings (SSSR count). The number of hydrogen-bond acceptors (Lipinski definition) is 4. The number of halogens is 2. The molecule has 0 saturated heterocycles. The number of rotatable bonds is 3. The van der Waals surface area contributed by atoms with Crippen LogP contribution >= 0.6 is 11.6 Å². The summed E-state index contributed by atoms with van der Waals surface area (Å²) in [6.07, 6.45) is -0.0103. The molecule has 1 aliphatic rings. The van der Waals surface area contributed by atoms with Crippen LogP contribution in [0.1, 0.15) is 15.9 Å². The maximum Gasteiger partial charge on any atom is 0.269 e. The van der Waals surface area contributed by atoms with E-state index in [1.807, 2.05) is 0 Å². The van der Waals surface area contributed by atoms with Crippen molar-refractivity contribution in [2.24, 2.45) is 0 Å². The Hall–Kier alpha value is -2.60. The molecule has 0 radical (unpaired) electrons. The van der Waals surface area contributed by atoms with Gasteiger partial charge in [-0.3, -0.25) is 9.59 Å². The zero-order valence-corrected chi connectivity index (χ0v) is 13.7. The SMILES string of the molecule is COc1cc2c(c(OC)c1)C(=O)N(c1ccc(F)c(Cl)c1)C(=O)C2. The number of amides is 2. The van der Waals surface area contributed by atoms with Gasteiger partial charge < -0.3 is 9.47 Å². The van der Waals surface area contributed by atoms with Gasteiger partial charge in [-0.15, -0.1) is 0 Å². The summed E-state index contributed by atoms with van der Waals surface area (Å²) in [5.74, 6) is -0.821. The first-order chi connectivity index (χ1) is 11.5. The molecule has 1 aliphatic heterocycles. The monoisotopic (exact) mass is 349 g/mol. The number of benzene rings is 2. The third-order valence-corrected chi connectivity index (χ3v) is 4.07. The molecule has 2 aromatic rings. The summed E-state index contributed by atoms with van der Waals surface area (Å²) in [6.45, 7) is 0. The standard InChI is InChI=1S/C17H13ClFNO4/c1-23-11-5-9-6-15(21)20(10-3-4-13(19)12(18)7-10)17(22)16(9)14(8-11)24-2/h3-5,7-8H,6H2,1-2H3. The molecule has 0 atom stereocenters. The highest BCUT2D eigenvalue weighted by atomic mass is 35.5. The number of ether oxygens (including phenoxy) is 2. The lowest BCUT2D eigenvalue weighted by atomic mass is 9.96. The van der Waals surface area contributed by atoms with Gasteiger partial charge in [-0.1, -0.05) is 11.6 Å². The minimum atomic E-state index is -0.625. The van der Waals surface area contributed by atoms with E-state index in [4.69, 9.17) is 21.1 Å². The van der Waals surface area contributed by atoms with E-state index in [-0.39, 0.29) is 22.7 Å². The molecule has 0 unspecified atom stereocenters. The Morgan fingerprint density at radius 2 is 1.88 bits per heavy atom. The minimum absolute atomic E-state index is 0.0103. The van der Waals surface area contributed by atoms with Gasteiger partial charge >= 0.3 is 0 Å². The van der Waals surface area contributed by atoms with Crippen LogP contribution in [0.5, 0.6) is 11.5 Å². The van der Waals surface area contributed by atoms with Crippen molar-refractivity contribution >= 4 is 29.1 Å². The summed E-state index contributed by atoms with van der Waals surface area (Å²) in [7, 11) is 2.91. The van der Waals surface area contributed by atoms with Crippen molar-refractivity contribution < 1.29 is 23.5 Å². The van der Waals surface area contributed by atoms with Crippen molar-refractivity contribution in [1.82, 2.24) is 0 Å². The summed E-state index contributed by atoms with van der Waals surface area (Å²) < 4.78 is 23.8. The highest BCUT2D eigenvalue weighted by Gasteiger charge is 2.35. The van der Waals surface area contributed by atoms with E-state index >= 15 is 0 Å². The third-order valence-electron chi connectivity index (χ3n) is 3.78. The van der Waals surface area contributed by atoms with E-state index in [2.05, 4.69) is 0 Å². The largest absolute Gasteiger partial charge is 0.497 e. The first-order valence-electron chi connectivity index (χ1n) is 7.03. The van der Waals surface area contributed by atoms with Gasteiger partial charge in [0.1, 0.15) is 17.3 Å². The second-order valence-electron chi connectivity index (χ2n) is 5.17. The number of carbonyl (C=O) groups excluding carboxylic acids is 2. The van der Waals surface area contributed by atoms with E-state index in [1.54, 1.807) is 12.1 Å². The molecule has 0 spiro atoms. The summed E-state index contributed by atoms with van der Waals surface area (Å²) in [5.41, 5.74) is 1.00. The van der Waals surface area contributed by atoms with Gasteiger partial charge in [0.15, 0.2) is 0 Å². The first-order valence-corrected chi connectivity index (χ1v) is 7.41. The molecule has 124 valence electrons. The van der Waals surface area contributed by atoms with E-state index < -0.39 is 17.6 Å². The maximum absolute atomic E-state index is 13.3. The molecule has 0 saturated carbocycles. The number of nitrogens with zero attached hydrogens (tertiary/aromatic N) is 1. The summed E-state index contributed by atoms with van der Waals surface area (Å²) in [5, 5.41) is -0.166. The zero-order chi connectivity index (χ0) is 17.4. The Bertz CT molecular complexity index is 853. The van der Waals surface area contributed by atoms with E-state index in [1.165, 1.54) is 26.4 Å². The van der Waals surface area contributed by atoms with Crippen LogP contribution in [0.3, 0.4) is 0 Å². The fourth-order valence-electron chi connectivity index (χ4n) is 2.66. The topological polar surface area (TPSA) is 55.8 Å². The average Bonchev–Trinajstić information content (AvgIpc) is 2.56. The van der Waals surface area contributed by atoms with Crippen molar-refractivity contribution in [3.8, 4) is 11.5 Å². The van der Waals surface area contributed by atoms with Crippen molar-refractivity contribution in [3.05, 3.63) is 52.3 Å². The Kier molecular flexibility index (Phi) is 4.15. The van der Waals surface area contributed by atoms with E-state index in [9.17, 15) is 14.0 Å². The fourth-order valence-corrected chi connectivity index (χ4v) is 2.83. The number of methoxy groups -OCH3 is 2. The second-order valence-corrected chi connectivity index (χ2v) is 5.58. The van der Waals surface area contributed by atoms with Gasteiger partial charge in [0.2, 0.25) is 5.91 Å². The smallest absolute Gasteiger partial charge is 0.269 e. The van der Waals surface area contributed by atoms with Gasteiger partial charge in [0.25, 0.3) is 5.91 Å². The van der Waals surface area contributed by atoms with Gasteiger partial charge in [0, 0.05) is 6.07 Å². The molecule has 2 aromatic carbocycles. The predicted octanol–water partition coefficient (Wildman–Crippen LogP) is 3.23. The number of anilines is 1. The predicted molar refractivity (Wildman–Crippen MR) is 86.5 cm³/mol. The molecular weight excluding hydrogens is 337 g/mol. The Morgan fingerprint density at radius 3 is 2.50 bits per heavy atom. The van der Waals surface area contributed by atoms with Crippen molar-refractivity contribution in [3.63, 3.8) is 0 Å². The minimum Gasteiger partial charge on any atom is -0.497 e. The first kappa shape index (κ1) is 16.3. The van der Waals surface area contributed by atoms with Gasteiger partial charge in [-0.2, -0.15) is 0 Å². The van der Waals surface area contributed by atoms with Crippen LogP contribution in [0.25, 0.3) is 0 Å². The molecule has 0 aliphatic carbocycles. The van der Waals surface area contributed by atoms with Gasteiger partial charge in [-0.25, -0.2) is 9.29 Å². The number of imide groups is 1. The Labute approximate surface area is 142 Å². The normalized spacial score (nSPS) is 13.8. The van der Waals surface area contributed by atoms with Gasteiger partial charge in [0.05, 0.1) is 36.9 Å². The maximum atomic E-state index is 13.3. The van der Waals surface area contributed by atoms with Crippen LogP contribution < -0.4 is 14.4 Å². The van der Waals surface area contributed by atoms with Crippen LogP contribution in [0.2, 0.25) is 5.02 Å². The zero-order valence-electron chi connectivity index (χ0n) is 12.9. The number of carbonyl (C=O) groups is 2. The lowest BCUT2D eigenvalue weighted by Gasteiger charge is -2.28. The molecule has 2 amide bonds. The highest BCUT2D eigenvalue weighted by Crippen LogP contribution is 2.35. The molecule has 0 aromatic heterocycles. The lowest BCUT2D eigenvalue weighted by molar-refractivity contribution is -0.117. The van der Waals surface area contributed by atoms with Crippen molar-refractivity contribution in [2.75, 3.05) is 19.1 Å². The molecule has 24 heavy (non-hydrogen) atoms. The van der Waals surface area contributed by atoms with Crippen LogP contribution in [0.15, 0.2) is 30.3 Å². The summed E-state index contributed by atoms with van der Waals surface area (Å²) in [6, 6.07) is 6.88. The molecule has 5 nitrogen and oxygen atoms in total. The van der Waals surface area contributed by atoms with Crippen LogP contribution in [0, 0.1) is 5.82 Å². The second kappa shape index (κ2) is 6.13. The van der Waals surface area contributed by atoms with Crippen molar-refractivity contribution in [2.45, 2.75) is 6.42 Å². The molecule has 7 heteroatoms. The van der Waals surface area contributed by atoms with Crippen LogP contribution in [0.4, 0.5) is 10.1 Å². The third kappa shape index (κ3) is 2.59. The number of hydrogen-bond donors (Lipinski definition) is 0. The van der Waals surface area contributed by atoms with Crippen molar-refractivity contribution in [1.29, 1.82) is 0 Å². The molecular formula is C17H13ClFNO4. The Morgan fingerprint density at radius 1 is 1.12 bits per heavy atom. The molecule has 0 N–H and O–H groups in total. The summed E-state index contributed by atoms with van der Waals surface area (Å²) >= 11 is 5.76. The fraction of sp³-hybridized carbons (Fsp3) is 0.176. The lowest BCUT2D eigenvalue weighted by Crippen LogP contribution is -2.42. The highest BCUT2D eigenvalue weighted by molar-refractivity contribution is 6.32. The molecule has 0 fully saturated rings. The van der Waals surface area contributed by atoms with Gasteiger partial charge in [-0.05, 0) is 29.8 Å².